The molecule has 2 nitrogen and oxygen atoms in total. The average Bonchev–Trinajstić information content (AvgIpc) is 2.89. The van der Waals surface area contributed by atoms with Crippen molar-refractivity contribution < 1.29 is 4.74 Å². The fourth-order valence-corrected chi connectivity index (χ4v) is 3.86. The lowest BCUT2D eigenvalue weighted by atomic mass is 10.1. The number of nitrogens with one attached hydrogen (secondary N) is 1. The van der Waals surface area contributed by atoms with Crippen molar-refractivity contribution in [2.24, 2.45) is 0 Å². The first-order chi connectivity index (χ1) is 12.2. The molecule has 1 aliphatic rings. The van der Waals surface area contributed by atoms with Gasteiger partial charge in [0.05, 0.1) is 0 Å². The Balaban J connectivity index is 1.62. The zero-order valence-electron chi connectivity index (χ0n) is 14.4. The number of para-hydroxylation sites is 1. The van der Waals surface area contributed by atoms with Crippen LogP contribution in [0.25, 0.3) is 0 Å². The van der Waals surface area contributed by atoms with Crippen LogP contribution >= 0.6 is 23.2 Å². The Bertz CT molecular complexity index is 661. The van der Waals surface area contributed by atoms with Crippen molar-refractivity contribution in [3.63, 3.8) is 0 Å². The molecular formula is C21H25Cl2NO. The van der Waals surface area contributed by atoms with Crippen molar-refractivity contribution in [2.45, 2.75) is 57.7 Å². The van der Waals surface area contributed by atoms with Gasteiger partial charge in [0.15, 0.2) is 0 Å². The molecule has 134 valence electrons. The summed E-state index contributed by atoms with van der Waals surface area (Å²) in [5.41, 5.74) is 2.01. The molecule has 0 atom stereocenters. The molecule has 0 aliphatic heterocycles. The van der Waals surface area contributed by atoms with Gasteiger partial charge in [0.1, 0.15) is 12.4 Å². The van der Waals surface area contributed by atoms with Gasteiger partial charge in [-0.15, -0.1) is 0 Å². The van der Waals surface area contributed by atoms with E-state index in [2.05, 4.69) is 17.4 Å². The summed E-state index contributed by atoms with van der Waals surface area (Å²) in [7, 11) is 0. The second kappa shape index (κ2) is 9.47. The normalized spacial score (nSPS) is 15.8. The minimum absolute atomic E-state index is 0.374. The van der Waals surface area contributed by atoms with Gasteiger partial charge >= 0.3 is 0 Å². The van der Waals surface area contributed by atoms with E-state index in [1.54, 1.807) is 0 Å². The van der Waals surface area contributed by atoms with Gasteiger partial charge in [-0.25, -0.2) is 0 Å². The molecule has 1 N–H and O–H groups in total. The highest BCUT2D eigenvalue weighted by molar-refractivity contribution is 6.35. The van der Waals surface area contributed by atoms with Crippen LogP contribution in [0.3, 0.4) is 0 Å². The molecule has 1 fully saturated rings. The Morgan fingerprint density at radius 1 is 0.880 bits per heavy atom. The van der Waals surface area contributed by atoms with Crippen LogP contribution in [0.5, 0.6) is 5.75 Å². The number of ether oxygens (including phenoxy) is 1. The van der Waals surface area contributed by atoms with Crippen molar-refractivity contribution in [3.8, 4) is 5.75 Å². The first kappa shape index (κ1) is 18.6. The molecule has 3 rings (SSSR count). The Morgan fingerprint density at radius 3 is 2.28 bits per heavy atom. The standard InChI is InChI=1S/C21H25Cl2NO/c22-19-11-7-12-20(23)18(19)15-25-21-13-6-5-8-16(21)14-24-17-9-3-1-2-4-10-17/h5-8,11-13,17,24H,1-4,9-10,14-15H2. The smallest absolute Gasteiger partial charge is 0.124 e. The van der Waals surface area contributed by atoms with E-state index in [4.69, 9.17) is 27.9 Å². The van der Waals surface area contributed by atoms with E-state index >= 15 is 0 Å². The Kier molecular flexibility index (Phi) is 7.03. The quantitative estimate of drug-likeness (QED) is 0.589. The van der Waals surface area contributed by atoms with Gasteiger partial charge in [-0.05, 0) is 31.0 Å². The van der Waals surface area contributed by atoms with Crippen molar-refractivity contribution >= 4 is 23.2 Å². The Hall–Kier alpha value is -1.22. The molecule has 1 saturated carbocycles. The number of hydrogen-bond donors (Lipinski definition) is 1. The number of halogens is 2. The molecule has 2 aromatic rings. The van der Waals surface area contributed by atoms with E-state index in [1.165, 1.54) is 44.1 Å². The van der Waals surface area contributed by atoms with Gasteiger partial charge in [-0.3, -0.25) is 0 Å². The average molecular weight is 378 g/mol. The fraction of sp³-hybridized carbons (Fsp3) is 0.429. The molecular weight excluding hydrogens is 353 g/mol. The molecule has 0 aromatic heterocycles. The summed E-state index contributed by atoms with van der Waals surface area (Å²) >= 11 is 12.5. The van der Waals surface area contributed by atoms with E-state index in [9.17, 15) is 0 Å². The van der Waals surface area contributed by atoms with Crippen LogP contribution in [0.2, 0.25) is 10.0 Å². The summed E-state index contributed by atoms with van der Waals surface area (Å²) in [6, 6.07) is 14.3. The molecule has 0 heterocycles. The van der Waals surface area contributed by atoms with Gasteiger partial charge in [0.2, 0.25) is 0 Å². The maximum Gasteiger partial charge on any atom is 0.124 e. The Morgan fingerprint density at radius 2 is 1.56 bits per heavy atom. The van der Waals surface area contributed by atoms with Crippen molar-refractivity contribution in [3.05, 3.63) is 63.6 Å². The highest BCUT2D eigenvalue weighted by Gasteiger charge is 2.13. The predicted molar refractivity (Wildman–Crippen MR) is 106 cm³/mol. The lowest BCUT2D eigenvalue weighted by Crippen LogP contribution is -2.28. The third kappa shape index (κ3) is 5.37. The zero-order valence-corrected chi connectivity index (χ0v) is 16.0. The highest BCUT2D eigenvalue weighted by Crippen LogP contribution is 2.27. The van der Waals surface area contributed by atoms with Gasteiger partial charge in [0, 0.05) is 33.8 Å². The van der Waals surface area contributed by atoms with E-state index in [1.807, 2.05) is 30.3 Å². The molecule has 1 aliphatic carbocycles. The molecule has 4 heteroatoms. The SMILES string of the molecule is Clc1cccc(Cl)c1COc1ccccc1CNC1CCCCCC1. The van der Waals surface area contributed by atoms with Crippen LogP contribution in [0.15, 0.2) is 42.5 Å². The van der Waals surface area contributed by atoms with E-state index < -0.39 is 0 Å². The van der Waals surface area contributed by atoms with Crippen LogP contribution in [-0.2, 0) is 13.2 Å². The maximum atomic E-state index is 6.24. The van der Waals surface area contributed by atoms with Gasteiger partial charge in [-0.1, -0.05) is 73.2 Å². The van der Waals surface area contributed by atoms with Crippen molar-refractivity contribution in [1.82, 2.24) is 5.32 Å². The Labute approximate surface area is 160 Å². The minimum Gasteiger partial charge on any atom is -0.488 e. The third-order valence-electron chi connectivity index (χ3n) is 4.84. The molecule has 25 heavy (non-hydrogen) atoms. The maximum absolute atomic E-state index is 6.24. The molecule has 2 aromatic carbocycles. The lowest BCUT2D eigenvalue weighted by molar-refractivity contribution is 0.301. The van der Waals surface area contributed by atoms with E-state index in [0.717, 1.165) is 17.9 Å². The van der Waals surface area contributed by atoms with Crippen LogP contribution in [0, 0.1) is 0 Å². The van der Waals surface area contributed by atoms with Crippen molar-refractivity contribution in [1.29, 1.82) is 0 Å². The first-order valence-corrected chi connectivity index (χ1v) is 9.86. The number of benzene rings is 2. The monoisotopic (exact) mass is 377 g/mol. The molecule has 0 saturated heterocycles. The summed E-state index contributed by atoms with van der Waals surface area (Å²) < 4.78 is 6.04. The largest absolute Gasteiger partial charge is 0.488 e. The van der Waals surface area contributed by atoms with Gasteiger partial charge in [-0.2, -0.15) is 0 Å². The molecule has 0 unspecified atom stereocenters. The van der Waals surface area contributed by atoms with Gasteiger partial charge in [0.25, 0.3) is 0 Å². The highest BCUT2D eigenvalue weighted by atomic mass is 35.5. The van der Waals surface area contributed by atoms with Crippen LogP contribution < -0.4 is 10.1 Å². The number of rotatable bonds is 6. The summed E-state index contributed by atoms with van der Waals surface area (Å²) in [6.45, 7) is 1.20. The topological polar surface area (TPSA) is 21.3 Å². The molecule has 0 bridgehead atoms. The van der Waals surface area contributed by atoms with E-state index in [-0.39, 0.29) is 0 Å². The van der Waals surface area contributed by atoms with E-state index in [0.29, 0.717) is 22.7 Å². The second-order valence-corrected chi connectivity index (χ2v) is 7.48. The fourth-order valence-electron chi connectivity index (χ4n) is 3.35. The summed E-state index contributed by atoms with van der Waals surface area (Å²) in [5, 5.41) is 4.99. The summed E-state index contributed by atoms with van der Waals surface area (Å²) in [5.74, 6) is 0.889. The first-order valence-electron chi connectivity index (χ1n) is 9.11. The molecule has 0 amide bonds. The van der Waals surface area contributed by atoms with Crippen LogP contribution in [0.4, 0.5) is 0 Å². The molecule has 0 spiro atoms. The minimum atomic E-state index is 0.374. The van der Waals surface area contributed by atoms with Crippen LogP contribution in [0.1, 0.15) is 49.7 Å². The van der Waals surface area contributed by atoms with Gasteiger partial charge < -0.3 is 10.1 Å². The van der Waals surface area contributed by atoms with Crippen LogP contribution in [-0.4, -0.2) is 6.04 Å². The summed E-state index contributed by atoms with van der Waals surface area (Å²) in [6.07, 6.45) is 7.96. The van der Waals surface area contributed by atoms with Crippen molar-refractivity contribution in [2.75, 3.05) is 0 Å². The lowest BCUT2D eigenvalue weighted by Gasteiger charge is -2.18. The zero-order chi connectivity index (χ0) is 17.5. The number of hydrogen-bond acceptors (Lipinski definition) is 2. The third-order valence-corrected chi connectivity index (χ3v) is 5.55. The summed E-state index contributed by atoms with van der Waals surface area (Å²) in [4.78, 5) is 0. The predicted octanol–water partition coefficient (Wildman–Crippen LogP) is 6.38. The second-order valence-electron chi connectivity index (χ2n) is 6.67. The molecule has 0 radical (unpaired) electrons.